The van der Waals surface area contributed by atoms with E-state index >= 15 is 0 Å². The highest BCUT2D eigenvalue weighted by Gasteiger charge is 2.30. The summed E-state index contributed by atoms with van der Waals surface area (Å²) in [5.74, 6) is -0.206. The molecular formula is C21H19FN3. The zero-order valence-corrected chi connectivity index (χ0v) is 14.1. The number of likely N-dealkylation sites (N-methyl/N-ethyl adjacent to an activating group) is 1. The van der Waals surface area contributed by atoms with Crippen LogP contribution in [-0.2, 0) is 0 Å². The van der Waals surface area contributed by atoms with Gasteiger partial charge in [-0.2, -0.15) is 5.10 Å². The van der Waals surface area contributed by atoms with E-state index in [0.29, 0.717) is 0 Å². The molecule has 25 heavy (non-hydrogen) atoms. The van der Waals surface area contributed by atoms with Crippen molar-refractivity contribution < 1.29 is 4.39 Å². The molecule has 2 heterocycles. The average Bonchev–Trinajstić information content (AvgIpc) is 2.95. The minimum absolute atomic E-state index is 0.206. The van der Waals surface area contributed by atoms with Crippen molar-refractivity contribution in [3.05, 3.63) is 76.3 Å². The second kappa shape index (κ2) is 5.45. The van der Waals surface area contributed by atoms with Gasteiger partial charge in [-0.25, -0.2) is 4.39 Å². The Morgan fingerprint density at radius 1 is 1.24 bits per heavy atom. The molecule has 1 aromatic rings. The average molecular weight is 332 g/mol. The third kappa shape index (κ3) is 2.28. The summed E-state index contributed by atoms with van der Waals surface area (Å²) in [5, 5.41) is 4.62. The lowest BCUT2D eigenvalue weighted by Gasteiger charge is -2.30. The Morgan fingerprint density at radius 2 is 2.16 bits per heavy atom. The summed E-state index contributed by atoms with van der Waals surface area (Å²) in [5.41, 5.74) is 11.7. The first kappa shape index (κ1) is 14.7. The lowest BCUT2D eigenvalue weighted by Crippen LogP contribution is -2.26. The molecule has 1 aromatic carbocycles. The normalized spacial score (nSPS) is 21.0. The predicted molar refractivity (Wildman–Crippen MR) is 99.0 cm³/mol. The third-order valence-corrected chi connectivity index (χ3v) is 5.25. The number of fused-ring (bicyclic) bond motifs is 2. The Hall–Kier alpha value is -2.62. The van der Waals surface area contributed by atoms with Gasteiger partial charge in [-0.3, -0.25) is 5.43 Å². The van der Waals surface area contributed by atoms with Gasteiger partial charge < -0.3 is 4.90 Å². The molecule has 0 fully saturated rings. The molecule has 0 bridgehead atoms. The monoisotopic (exact) mass is 332 g/mol. The summed E-state index contributed by atoms with van der Waals surface area (Å²) < 4.78 is 14.2. The van der Waals surface area contributed by atoms with Crippen LogP contribution < -0.4 is 5.43 Å². The molecule has 3 nitrogen and oxygen atoms in total. The van der Waals surface area contributed by atoms with Crippen molar-refractivity contribution in [2.75, 3.05) is 13.6 Å². The first-order chi connectivity index (χ1) is 12.2. The zero-order chi connectivity index (χ0) is 17.0. The van der Waals surface area contributed by atoms with Gasteiger partial charge in [-0.1, -0.05) is 12.2 Å². The van der Waals surface area contributed by atoms with Crippen LogP contribution in [0.5, 0.6) is 0 Å². The lowest BCUT2D eigenvalue weighted by atomic mass is 9.86. The third-order valence-electron chi connectivity index (χ3n) is 5.25. The van der Waals surface area contributed by atoms with Crippen LogP contribution in [0, 0.1) is 12.2 Å². The van der Waals surface area contributed by atoms with Gasteiger partial charge in [0.2, 0.25) is 0 Å². The van der Waals surface area contributed by atoms with Gasteiger partial charge in [0.25, 0.3) is 0 Å². The van der Waals surface area contributed by atoms with E-state index < -0.39 is 0 Å². The molecule has 0 amide bonds. The standard InChI is InChI=1S/C21H19FN3/c1-25-11-17(13-5-3-2-4-6-13)21-18(12-25)16-10-15(22)9-14-7-8-19(20(14)16)23-24-21/h2,5,7-10,12,24H,3-4,6,11H2,1H3. The number of hydrogen-bond donors (Lipinski definition) is 1. The molecule has 4 aliphatic rings. The van der Waals surface area contributed by atoms with Crippen LogP contribution in [-0.4, -0.2) is 24.2 Å². The van der Waals surface area contributed by atoms with Gasteiger partial charge >= 0.3 is 0 Å². The molecule has 5 rings (SSSR count). The first-order valence-corrected chi connectivity index (χ1v) is 8.73. The number of rotatable bonds is 1. The molecule has 0 saturated carbocycles. The number of hydrazone groups is 1. The summed E-state index contributed by atoms with van der Waals surface area (Å²) in [6.45, 7) is 0.843. The Labute approximate surface area is 146 Å². The quantitative estimate of drug-likeness (QED) is 0.841. The number of nitrogens with zero attached hydrogens (tertiary/aromatic N) is 2. The summed E-state index contributed by atoms with van der Waals surface area (Å²) >= 11 is 0. The summed E-state index contributed by atoms with van der Waals surface area (Å²) in [6.07, 6.45) is 13.8. The first-order valence-electron chi connectivity index (χ1n) is 8.73. The number of benzene rings is 1. The van der Waals surface area contributed by atoms with Gasteiger partial charge in [0.1, 0.15) is 5.82 Å². The maximum atomic E-state index is 14.2. The fourth-order valence-corrected chi connectivity index (χ4v) is 4.11. The number of hydrogen-bond acceptors (Lipinski definition) is 3. The highest BCUT2D eigenvalue weighted by molar-refractivity contribution is 6.20. The molecule has 1 N–H and O–H groups in total. The van der Waals surface area contributed by atoms with E-state index in [0.717, 1.165) is 59.5 Å². The van der Waals surface area contributed by atoms with Crippen LogP contribution in [0.4, 0.5) is 4.39 Å². The maximum Gasteiger partial charge on any atom is 0.124 e. The fraction of sp³-hybridized carbons (Fsp3) is 0.238. The largest absolute Gasteiger partial charge is 0.375 e. The molecule has 2 aliphatic carbocycles. The van der Waals surface area contributed by atoms with Crippen LogP contribution in [0.25, 0.3) is 11.6 Å². The molecule has 125 valence electrons. The highest BCUT2D eigenvalue weighted by Crippen LogP contribution is 2.40. The van der Waals surface area contributed by atoms with Crippen LogP contribution in [0.1, 0.15) is 36.0 Å². The van der Waals surface area contributed by atoms with E-state index in [1.54, 1.807) is 12.1 Å². The summed E-state index contributed by atoms with van der Waals surface area (Å²) in [7, 11) is 2.07. The number of allylic oxidation sites excluding steroid dienone is 3. The Morgan fingerprint density at radius 3 is 3.00 bits per heavy atom. The second-order valence-corrected chi connectivity index (χ2v) is 6.96. The number of nitrogens with one attached hydrogen (secondary N) is 1. The molecule has 1 radical (unpaired) electrons. The van der Waals surface area contributed by atoms with Gasteiger partial charge in [0, 0.05) is 30.9 Å². The van der Waals surface area contributed by atoms with Gasteiger partial charge in [0.15, 0.2) is 0 Å². The van der Waals surface area contributed by atoms with Crippen molar-refractivity contribution in [2.24, 2.45) is 5.10 Å². The Balaban J connectivity index is 1.75. The van der Waals surface area contributed by atoms with Crippen molar-refractivity contribution in [2.45, 2.75) is 19.3 Å². The summed E-state index contributed by atoms with van der Waals surface area (Å²) in [6, 6.07) is 3.22. The molecule has 0 aromatic heterocycles. The van der Waals surface area contributed by atoms with Crippen molar-refractivity contribution in [1.29, 1.82) is 0 Å². The van der Waals surface area contributed by atoms with E-state index in [4.69, 9.17) is 0 Å². The molecule has 4 heteroatoms. The zero-order valence-electron chi connectivity index (χ0n) is 14.1. The van der Waals surface area contributed by atoms with Gasteiger partial charge in [0.05, 0.1) is 11.4 Å². The Kier molecular flexibility index (Phi) is 3.20. The van der Waals surface area contributed by atoms with E-state index in [9.17, 15) is 4.39 Å². The minimum atomic E-state index is -0.206. The van der Waals surface area contributed by atoms with Crippen molar-refractivity contribution in [3.63, 3.8) is 0 Å². The molecule has 0 saturated heterocycles. The van der Waals surface area contributed by atoms with Crippen LogP contribution in [0.2, 0.25) is 0 Å². The van der Waals surface area contributed by atoms with Gasteiger partial charge in [-0.05, 0) is 66.2 Å². The van der Waals surface area contributed by atoms with Crippen molar-refractivity contribution >= 4 is 17.4 Å². The van der Waals surface area contributed by atoms with Crippen LogP contribution >= 0.6 is 0 Å². The smallest absolute Gasteiger partial charge is 0.124 e. The molecular weight excluding hydrogens is 313 g/mol. The molecule has 2 aliphatic heterocycles. The highest BCUT2D eigenvalue weighted by atomic mass is 19.1. The predicted octanol–water partition coefficient (Wildman–Crippen LogP) is 4.01. The van der Waals surface area contributed by atoms with E-state index in [1.165, 1.54) is 11.1 Å². The SMILES string of the molecule is CN1C=C2C(=C(C3=CC[CH]CC3)C1)NN=C1C=Cc3cc(F)cc2c31. The number of halogens is 1. The molecule has 0 atom stereocenters. The topological polar surface area (TPSA) is 27.6 Å². The van der Waals surface area contributed by atoms with E-state index in [1.807, 2.05) is 12.2 Å². The molecule has 0 unspecified atom stereocenters. The molecule has 0 spiro atoms. The van der Waals surface area contributed by atoms with Gasteiger partial charge in [-0.15, -0.1) is 0 Å². The summed E-state index contributed by atoms with van der Waals surface area (Å²) in [4.78, 5) is 2.18. The van der Waals surface area contributed by atoms with E-state index in [-0.39, 0.29) is 5.82 Å². The lowest BCUT2D eigenvalue weighted by molar-refractivity contribution is 0.487. The van der Waals surface area contributed by atoms with Crippen LogP contribution in [0.15, 0.2) is 52.4 Å². The van der Waals surface area contributed by atoms with Crippen molar-refractivity contribution in [3.8, 4) is 0 Å². The minimum Gasteiger partial charge on any atom is -0.375 e. The second-order valence-electron chi connectivity index (χ2n) is 6.96. The fourth-order valence-electron chi connectivity index (χ4n) is 4.11. The van der Waals surface area contributed by atoms with E-state index in [2.05, 4.69) is 41.2 Å². The maximum absolute atomic E-state index is 14.2. The Bertz CT molecular complexity index is 931. The van der Waals surface area contributed by atoms with Crippen molar-refractivity contribution in [1.82, 2.24) is 10.3 Å². The van der Waals surface area contributed by atoms with Crippen LogP contribution in [0.3, 0.4) is 0 Å².